The maximum Gasteiger partial charge on any atom is 0.573 e. The monoisotopic (exact) mass is 285 g/mol. The maximum atomic E-state index is 12.0. The third kappa shape index (κ3) is 4.34. The molecule has 0 amide bonds. The van der Waals surface area contributed by atoms with Crippen molar-refractivity contribution in [2.45, 2.75) is 13.0 Å². The molecule has 0 spiro atoms. The molecular formula is C13H10F3NO3. The van der Waals surface area contributed by atoms with Gasteiger partial charge in [0.1, 0.15) is 18.1 Å². The highest BCUT2D eigenvalue weighted by Gasteiger charge is 2.30. The molecule has 1 aromatic carbocycles. The van der Waals surface area contributed by atoms with Gasteiger partial charge >= 0.3 is 6.36 Å². The van der Waals surface area contributed by atoms with E-state index in [4.69, 9.17) is 4.74 Å². The maximum absolute atomic E-state index is 12.0. The van der Waals surface area contributed by atoms with Crippen molar-refractivity contribution in [3.8, 4) is 11.5 Å². The molecule has 1 heterocycles. The van der Waals surface area contributed by atoms with Crippen LogP contribution in [0.25, 0.3) is 0 Å². The number of hydrogen-bond donors (Lipinski definition) is 1. The zero-order chi connectivity index (χ0) is 14.6. The molecule has 0 saturated carbocycles. The zero-order valence-electron chi connectivity index (χ0n) is 10.1. The van der Waals surface area contributed by atoms with E-state index in [0.717, 1.165) is 0 Å². The molecule has 20 heavy (non-hydrogen) atoms. The Bertz CT molecular complexity index is 620. The van der Waals surface area contributed by atoms with Crippen molar-refractivity contribution >= 4 is 0 Å². The number of aromatic amines is 1. The SMILES string of the molecule is O=c1cc(OCc2ccc(OC(F)(F)F)cc2)cc[nH]1. The van der Waals surface area contributed by atoms with Gasteiger partial charge in [0.2, 0.25) is 0 Å². The van der Waals surface area contributed by atoms with Crippen LogP contribution < -0.4 is 15.0 Å². The van der Waals surface area contributed by atoms with E-state index in [1.54, 1.807) is 6.07 Å². The molecule has 0 atom stereocenters. The lowest BCUT2D eigenvalue weighted by Gasteiger charge is -2.09. The van der Waals surface area contributed by atoms with Crippen LogP contribution in [0.1, 0.15) is 5.56 Å². The highest BCUT2D eigenvalue weighted by Crippen LogP contribution is 2.23. The van der Waals surface area contributed by atoms with Gasteiger partial charge in [0.15, 0.2) is 0 Å². The van der Waals surface area contributed by atoms with Crippen molar-refractivity contribution in [1.82, 2.24) is 4.98 Å². The van der Waals surface area contributed by atoms with Gasteiger partial charge < -0.3 is 14.5 Å². The molecule has 2 aromatic rings. The Kier molecular flexibility index (Phi) is 3.97. The average Bonchev–Trinajstić information content (AvgIpc) is 2.36. The van der Waals surface area contributed by atoms with Crippen LogP contribution in [0.4, 0.5) is 13.2 Å². The molecule has 0 radical (unpaired) electrons. The van der Waals surface area contributed by atoms with Gasteiger partial charge in [0.05, 0.1) is 0 Å². The second-order valence-corrected chi connectivity index (χ2v) is 3.87. The fourth-order valence-electron chi connectivity index (χ4n) is 1.47. The van der Waals surface area contributed by atoms with E-state index in [2.05, 4.69) is 9.72 Å². The third-order valence-electron chi connectivity index (χ3n) is 2.31. The summed E-state index contributed by atoms with van der Waals surface area (Å²) in [6, 6.07) is 8.15. The number of ether oxygens (including phenoxy) is 2. The number of nitrogens with one attached hydrogen (secondary N) is 1. The first-order valence-corrected chi connectivity index (χ1v) is 5.59. The van der Waals surface area contributed by atoms with Crippen molar-refractivity contribution in [3.63, 3.8) is 0 Å². The molecule has 0 fully saturated rings. The zero-order valence-corrected chi connectivity index (χ0v) is 10.1. The van der Waals surface area contributed by atoms with Crippen molar-refractivity contribution in [2.24, 2.45) is 0 Å². The van der Waals surface area contributed by atoms with Crippen LogP contribution in [0.5, 0.6) is 11.5 Å². The van der Waals surface area contributed by atoms with E-state index in [1.807, 2.05) is 0 Å². The van der Waals surface area contributed by atoms with Crippen molar-refractivity contribution in [3.05, 3.63) is 58.5 Å². The number of alkyl halides is 3. The van der Waals surface area contributed by atoms with Gasteiger partial charge in [-0.2, -0.15) is 0 Å². The minimum atomic E-state index is -4.71. The third-order valence-corrected chi connectivity index (χ3v) is 2.31. The molecule has 0 aliphatic heterocycles. The summed E-state index contributed by atoms with van der Waals surface area (Å²) in [5, 5.41) is 0. The quantitative estimate of drug-likeness (QED) is 0.939. The van der Waals surface area contributed by atoms with Crippen molar-refractivity contribution < 1.29 is 22.6 Å². The van der Waals surface area contributed by atoms with E-state index >= 15 is 0 Å². The second kappa shape index (κ2) is 5.68. The summed E-state index contributed by atoms with van der Waals surface area (Å²) in [5.74, 6) is 0.0850. The summed E-state index contributed by atoms with van der Waals surface area (Å²) in [7, 11) is 0. The standard InChI is InChI=1S/C13H10F3NO3/c14-13(15,16)20-10-3-1-9(2-4-10)8-19-11-5-6-17-12(18)7-11/h1-7H,8H2,(H,17,18). The van der Waals surface area contributed by atoms with Gasteiger partial charge in [-0.05, 0) is 23.8 Å². The van der Waals surface area contributed by atoms with Crippen LogP contribution in [-0.4, -0.2) is 11.3 Å². The molecule has 0 aliphatic carbocycles. The number of rotatable bonds is 4. The predicted molar refractivity (Wildman–Crippen MR) is 64.5 cm³/mol. The molecular weight excluding hydrogens is 275 g/mol. The molecule has 0 aliphatic rings. The van der Waals surface area contributed by atoms with Crippen LogP contribution in [0.15, 0.2) is 47.4 Å². The number of aromatic nitrogens is 1. The summed E-state index contributed by atoms with van der Waals surface area (Å²) >= 11 is 0. The molecule has 0 bridgehead atoms. The normalized spacial score (nSPS) is 11.2. The van der Waals surface area contributed by atoms with Crippen molar-refractivity contribution in [1.29, 1.82) is 0 Å². The van der Waals surface area contributed by atoms with Gasteiger partial charge in [-0.1, -0.05) is 12.1 Å². The van der Waals surface area contributed by atoms with E-state index in [-0.39, 0.29) is 17.9 Å². The number of hydrogen-bond acceptors (Lipinski definition) is 3. The van der Waals surface area contributed by atoms with Crippen LogP contribution in [0.2, 0.25) is 0 Å². The Labute approximate surface area is 111 Å². The van der Waals surface area contributed by atoms with Crippen LogP contribution >= 0.6 is 0 Å². The molecule has 1 aromatic heterocycles. The summed E-state index contributed by atoms with van der Waals surface area (Å²) in [4.78, 5) is 13.5. The van der Waals surface area contributed by atoms with Crippen LogP contribution in [0.3, 0.4) is 0 Å². The number of halogens is 3. The first-order valence-electron chi connectivity index (χ1n) is 5.59. The summed E-state index contributed by atoms with van der Waals surface area (Å²) in [5.41, 5.74) is 0.358. The fourth-order valence-corrected chi connectivity index (χ4v) is 1.47. The smallest absolute Gasteiger partial charge is 0.489 e. The van der Waals surface area contributed by atoms with Crippen LogP contribution in [-0.2, 0) is 6.61 Å². The van der Waals surface area contributed by atoms with Gasteiger partial charge in [-0.15, -0.1) is 13.2 Å². The molecule has 0 unspecified atom stereocenters. The van der Waals surface area contributed by atoms with Crippen molar-refractivity contribution in [2.75, 3.05) is 0 Å². The Morgan fingerprint density at radius 2 is 1.75 bits per heavy atom. The van der Waals surface area contributed by atoms with Gasteiger partial charge in [0, 0.05) is 12.3 Å². The largest absolute Gasteiger partial charge is 0.573 e. The van der Waals surface area contributed by atoms with E-state index < -0.39 is 6.36 Å². The topological polar surface area (TPSA) is 51.3 Å². The minimum absolute atomic E-state index is 0.135. The predicted octanol–water partition coefficient (Wildman–Crippen LogP) is 2.85. The summed E-state index contributed by atoms with van der Waals surface area (Å²) < 4.78 is 45.0. The Morgan fingerprint density at radius 1 is 1.05 bits per heavy atom. The lowest BCUT2D eigenvalue weighted by Crippen LogP contribution is -2.17. The highest BCUT2D eigenvalue weighted by molar-refractivity contribution is 5.27. The Hall–Kier alpha value is -2.44. The number of benzene rings is 1. The number of pyridine rings is 1. The van der Waals surface area contributed by atoms with Gasteiger partial charge in [-0.3, -0.25) is 4.79 Å². The molecule has 1 N–H and O–H groups in total. The highest BCUT2D eigenvalue weighted by atomic mass is 19.4. The van der Waals surface area contributed by atoms with Crippen LogP contribution in [0, 0.1) is 0 Å². The van der Waals surface area contributed by atoms with Gasteiger partial charge in [0.25, 0.3) is 5.56 Å². The Balaban J connectivity index is 1.96. The first-order chi connectivity index (χ1) is 9.42. The summed E-state index contributed by atoms with van der Waals surface area (Å²) in [6.45, 7) is 0.135. The molecule has 0 saturated heterocycles. The average molecular weight is 285 g/mol. The van der Waals surface area contributed by atoms with E-state index in [9.17, 15) is 18.0 Å². The Morgan fingerprint density at radius 3 is 2.35 bits per heavy atom. The molecule has 2 rings (SSSR count). The minimum Gasteiger partial charge on any atom is -0.489 e. The number of H-pyrrole nitrogens is 1. The molecule has 106 valence electrons. The first kappa shape index (κ1) is 14.0. The summed E-state index contributed by atoms with van der Waals surface area (Å²) in [6.07, 6.45) is -3.26. The second-order valence-electron chi connectivity index (χ2n) is 3.87. The lowest BCUT2D eigenvalue weighted by atomic mass is 10.2. The van der Waals surface area contributed by atoms with E-state index in [0.29, 0.717) is 11.3 Å². The lowest BCUT2D eigenvalue weighted by molar-refractivity contribution is -0.274. The molecule has 4 nitrogen and oxygen atoms in total. The van der Waals surface area contributed by atoms with Gasteiger partial charge in [-0.25, -0.2) is 0 Å². The molecule has 7 heteroatoms. The fraction of sp³-hybridized carbons (Fsp3) is 0.154. The van der Waals surface area contributed by atoms with E-state index in [1.165, 1.54) is 36.5 Å².